The number of anilines is 1. The predicted molar refractivity (Wildman–Crippen MR) is 61.5 cm³/mol. The number of hydrogen-bond donors (Lipinski definition) is 2. The average Bonchev–Trinajstić information content (AvgIpc) is 2.26. The fraction of sp³-hybridized carbons (Fsp3) is 0.273. The summed E-state index contributed by atoms with van der Waals surface area (Å²) in [5.41, 5.74) is 1.11. The second kappa shape index (κ2) is 5.38. The van der Waals surface area contributed by atoms with Gasteiger partial charge in [-0.15, -0.1) is 0 Å². The number of halogens is 1. The molecular weight excluding hydrogens is 228 g/mol. The number of nitriles is 1. The Balaban J connectivity index is 2.69. The minimum atomic E-state index is -0.864. The molecule has 0 amide bonds. The lowest BCUT2D eigenvalue weighted by atomic mass is 10.1. The molecule has 4 nitrogen and oxygen atoms in total. The highest BCUT2D eigenvalue weighted by Crippen LogP contribution is 2.22. The number of hydrogen-bond acceptors (Lipinski definition) is 3. The summed E-state index contributed by atoms with van der Waals surface area (Å²) < 4.78 is 0. The smallest absolute Gasteiger partial charge is 0.308 e. The minimum absolute atomic E-state index is 0.293. The van der Waals surface area contributed by atoms with E-state index >= 15 is 0 Å². The largest absolute Gasteiger partial charge is 0.481 e. The first-order valence-electron chi connectivity index (χ1n) is 4.71. The zero-order valence-corrected chi connectivity index (χ0v) is 9.45. The lowest BCUT2D eigenvalue weighted by Crippen LogP contribution is -2.19. The van der Waals surface area contributed by atoms with Gasteiger partial charge in [-0.2, -0.15) is 5.26 Å². The summed E-state index contributed by atoms with van der Waals surface area (Å²) in [4.78, 5) is 10.6. The van der Waals surface area contributed by atoms with Crippen LogP contribution >= 0.6 is 11.6 Å². The van der Waals surface area contributed by atoms with Crippen LogP contribution in [0.15, 0.2) is 18.2 Å². The highest BCUT2D eigenvalue weighted by atomic mass is 35.5. The van der Waals surface area contributed by atoms with E-state index in [0.717, 1.165) is 0 Å². The number of benzene rings is 1. The summed E-state index contributed by atoms with van der Waals surface area (Å²) in [5.74, 6) is -1.36. The van der Waals surface area contributed by atoms with E-state index in [1.165, 1.54) is 6.07 Å². The number of nitrogens with one attached hydrogen (secondary N) is 1. The van der Waals surface area contributed by atoms with E-state index in [1.54, 1.807) is 19.1 Å². The molecule has 2 N–H and O–H groups in total. The van der Waals surface area contributed by atoms with Gasteiger partial charge in [-0.25, -0.2) is 0 Å². The van der Waals surface area contributed by atoms with Crippen LogP contribution < -0.4 is 5.32 Å². The van der Waals surface area contributed by atoms with Gasteiger partial charge in [-0.1, -0.05) is 18.5 Å². The molecule has 0 aliphatic carbocycles. The van der Waals surface area contributed by atoms with Crippen LogP contribution in [0.3, 0.4) is 0 Å². The molecule has 0 fully saturated rings. The molecule has 84 valence electrons. The van der Waals surface area contributed by atoms with Gasteiger partial charge in [0.2, 0.25) is 0 Å². The summed E-state index contributed by atoms with van der Waals surface area (Å²) in [6.07, 6.45) is 0. The van der Waals surface area contributed by atoms with Crippen molar-refractivity contribution in [1.29, 1.82) is 5.26 Å². The van der Waals surface area contributed by atoms with Crippen LogP contribution in [0.2, 0.25) is 5.02 Å². The molecule has 1 atom stereocenters. The van der Waals surface area contributed by atoms with Crippen LogP contribution in [0.25, 0.3) is 0 Å². The molecule has 5 heteroatoms. The van der Waals surface area contributed by atoms with Crippen molar-refractivity contribution in [2.45, 2.75) is 6.92 Å². The number of carbonyl (C=O) groups is 1. The van der Waals surface area contributed by atoms with Crippen molar-refractivity contribution in [2.75, 3.05) is 11.9 Å². The van der Waals surface area contributed by atoms with Crippen LogP contribution in [0.5, 0.6) is 0 Å². The summed E-state index contributed by atoms with van der Waals surface area (Å²) >= 11 is 5.91. The third kappa shape index (κ3) is 3.14. The molecule has 0 saturated carbocycles. The first-order valence-corrected chi connectivity index (χ1v) is 5.08. The summed E-state index contributed by atoms with van der Waals surface area (Å²) in [5, 5.41) is 20.7. The Morgan fingerprint density at radius 1 is 1.69 bits per heavy atom. The summed E-state index contributed by atoms with van der Waals surface area (Å²) in [6, 6.07) is 6.80. The molecule has 1 rings (SSSR count). The zero-order chi connectivity index (χ0) is 12.1. The highest BCUT2D eigenvalue weighted by Gasteiger charge is 2.11. The van der Waals surface area contributed by atoms with Crippen LogP contribution in [-0.4, -0.2) is 17.6 Å². The minimum Gasteiger partial charge on any atom is -0.481 e. The van der Waals surface area contributed by atoms with Gasteiger partial charge in [0, 0.05) is 6.54 Å². The maximum absolute atomic E-state index is 10.6. The lowest BCUT2D eigenvalue weighted by Gasteiger charge is -2.10. The first kappa shape index (κ1) is 12.3. The topological polar surface area (TPSA) is 73.1 Å². The van der Waals surface area contributed by atoms with E-state index in [4.69, 9.17) is 22.0 Å². The monoisotopic (exact) mass is 238 g/mol. The van der Waals surface area contributed by atoms with E-state index in [1.807, 2.05) is 6.07 Å². The van der Waals surface area contributed by atoms with E-state index in [2.05, 4.69) is 5.32 Å². The number of aliphatic carboxylic acids is 1. The SMILES string of the molecule is CC(CNc1ccc(C#N)cc1Cl)C(=O)O. The Morgan fingerprint density at radius 2 is 2.38 bits per heavy atom. The van der Waals surface area contributed by atoms with Gasteiger partial charge in [0.1, 0.15) is 0 Å². The maximum atomic E-state index is 10.6. The van der Waals surface area contributed by atoms with Gasteiger partial charge in [0.05, 0.1) is 28.3 Å². The number of carboxylic acids is 1. The molecule has 0 aliphatic heterocycles. The van der Waals surface area contributed by atoms with E-state index in [0.29, 0.717) is 22.8 Å². The van der Waals surface area contributed by atoms with Gasteiger partial charge in [0.15, 0.2) is 0 Å². The molecule has 1 unspecified atom stereocenters. The molecule has 0 spiro atoms. The number of carboxylic acid groups (broad SMARTS) is 1. The molecule has 0 radical (unpaired) electrons. The van der Waals surface area contributed by atoms with Crippen molar-refractivity contribution in [1.82, 2.24) is 0 Å². The van der Waals surface area contributed by atoms with Crippen molar-refractivity contribution in [3.05, 3.63) is 28.8 Å². The van der Waals surface area contributed by atoms with Gasteiger partial charge >= 0.3 is 5.97 Å². The second-order valence-electron chi connectivity index (χ2n) is 3.43. The Bertz CT molecular complexity index is 440. The highest BCUT2D eigenvalue weighted by molar-refractivity contribution is 6.33. The Hall–Kier alpha value is -1.73. The lowest BCUT2D eigenvalue weighted by molar-refractivity contribution is -0.140. The van der Waals surface area contributed by atoms with E-state index in [-0.39, 0.29) is 0 Å². The van der Waals surface area contributed by atoms with Crippen LogP contribution in [0, 0.1) is 17.2 Å². The van der Waals surface area contributed by atoms with Crippen molar-refractivity contribution < 1.29 is 9.90 Å². The molecule has 0 aliphatic rings. The molecular formula is C11H11ClN2O2. The maximum Gasteiger partial charge on any atom is 0.308 e. The Labute approximate surface area is 98.5 Å². The molecule has 1 aromatic rings. The Kier molecular flexibility index (Phi) is 4.15. The Morgan fingerprint density at radius 3 is 2.88 bits per heavy atom. The molecule has 16 heavy (non-hydrogen) atoms. The molecule has 0 aromatic heterocycles. The van der Waals surface area contributed by atoms with Gasteiger partial charge < -0.3 is 10.4 Å². The zero-order valence-electron chi connectivity index (χ0n) is 8.70. The average molecular weight is 239 g/mol. The fourth-order valence-corrected chi connectivity index (χ4v) is 1.33. The van der Waals surface area contributed by atoms with Crippen molar-refractivity contribution in [3.8, 4) is 6.07 Å². The number of nitrogens with zero attached hydrogens (tertiary/aromatic N) is 1. The quantitative estimate of drug-likeness (QED) is 0.845. The standard InChI is InChI=1S/C11H11ClN2O2/c1-7(11(15)16)6-14-10-3-2-8(5-13)4-9(10)12/h2-4,7,14H,6H2,1H3,(H,15,16). The van der Waals surface area contributed by atoms with Gasteiger partial charge in [-0.3, -0.25) is 4.79 Å². The normalized spacial score (nSPS) is 11.6. The van der Waals surface area contributed by atoms with Gasteiger partial charge in [-0.05, 0) is 18.2 Å². The third-order valence-corrected chi connectivity index (χ3v) is 2.43. The van der Waals surface area contributed by atoms with E-state index in [9.17, 15) is 4.79 Å². The fourth-order valence-electron chi connectivity index (χ4n) is 1.08. The van der Waals surface area contributed by atoms with Crippen molar-refractivity contribution in [3.63, 3.8) is 0 Å². The van der Waals surface area contributed by atoms with Crippen LogP contribution in [0.4, 0.5) is 5.69 Å². The third-order valence-electron chi connectivity index (χ3n) is 2.12. The molecule has 0 heterocycles. The van der Waals surface area contributed by atoms with Gasteiger partial charge in [0.25, 0.3) is 0 Å². The van der Waals surface area contributed by atoms with Crippen LogP contribution in [0.1, 0.15) is 12.5 Å². The summed E-state index contributed by atoms with van der Waals surface area (Å²) in [6.45, 7) is 1.90. The first-order chi connectivity index (χ1) is 7.54. The summed E-state index contributed by atoms with van der Waals surface area (Å²) in [7, 11) is 0. The second-order valence-corrected chi connectivity index (χ2v) is 3.83. The van der Waals surface area contributed by atoms with Crippen molar-refractivity contribution in [2.24, 2.45) is 5.92 Å². The predicted octanol–water partition coefficient (Wildman–Crippen LogP) is 2.34. The molecule has 1 aromatic carbocycles. The van der Waals surface area contributed by atoms with Crippen LogP contribution in [-0.2, 0) is 4.79 Å². The van der Waals surface area contributed by atoms with E-state index < -0.39 is 11.9 Å². The number of rotatable bonds is 4. The van der Waals surface area contributed by atoms with Crippen molar-refractivity contribution >= 4 is 23.3 Å². The molecule has 0 saturated heterocycles. The molecule has 0 bridgehead atoms.